The van der Waals surface area contributed by atoms with Crippen LogP contribution in [0.4, 0.5) is 0 Å². The van der Waals surface area contributed by atoms with E-state index in [0.717, 1.165) is 6.07 Å². The van der Waals surface area contributed by atoms with Crippen LogP contribution in [0.2, 0.25) is 0 Å². The molecule has 0 unspecified atom stereocenters. The highest BCUT2D eigenvalue weighted by Crippen LogP contribution is 2.02. The van der Waals surface area contributed by atoms with Gasteiger partial charge in [-0.2, -0.15) is 0 Å². The molecule has 8 nitrogen and oxygen atoms in total. The fourth-order valence-corrected chi connectivity index (χ4v) is 1.81. The second-order valence-corrected chi connectivity index (χ2v) is 5.45. The third-order valence-corrected chi connectivity index (χ3v) is 2.99. The van der Waals surface area contributed by atoms with E-state index >= 15 is 0 Å². The number of nitrogens with one attached hydrogen (secondary N) is 1. The van der Waals surface area contributed by atoms with Gasteiger partial charge in [-0.25, -0.2) is 23.3 Å². The van der Waals surface area contributed by atoms with Gasteiger partial charge in [0, 0.05) is 18.3 Å². The van der Waals surface area contributed by atoms with Gasteiger partial charge in [0.05, 0.1) is 5.75 Å². The summed E-state index contributed by atoms with van der Waals surface area (Å²) >= 11 is 0. The maximum absolute atomic E-state index is 11.6. The van der Waals surface area contributed by atoms with Crippen molar-refractivity contribution in [2.24, 2.45) is 5.14 Å². The highest BCUT2D eigenvalue weighted by atomic mass is 32.2. The van der Waals surface area contributed by atoms with Crippen molar-refractivity contribution in [3.8, 4) is 0 Å². The van der Waals surface area contributed by atoms with Gasteiger partial charge in [-0.05, 0) is 18.6 Å². The molecule has 1 aromatic heterocycles. The first-order valence-corrected chi connectivity index (χ1v) is 6.99. The summed E-state index contributed by atoms with van der Waals surface area (Å²) in [6.07, 6.45) is 1.39. The molecule has 0 saturated carbocycles. The summed E-state index contributed by atoms with van der Waals surface area (Å²) in [7, 11) is -3.54. The molecule has 0 radical (unpaired) electrons. The van der Waals surface area contributed by atoms with Gasteiger partial charge >= 0.3 is 5.97 Å². The smallest absolute Gasteiger partial charge is 0.354 e. The van der Waals surface area contributed by atoms with Gasteiger partial charge in [-0.15, -0.1) is 0 Å². The summed E-state index contributed by atoms with van der Waals surface area (Å²) in [6, 6.07) is 2.50. The van der Waals surface area contributed by atoms with Crippen molar-refractivity contribution in [2.75, 3.05) is 12.3 Å². The molecule has 1 rings (SSSR count). The largest absolute Gasteiger partial charge is 0.477 e. The molecule has 0 bridgehead atoms. The number of aromatic nitrogens is 1. The number of primary sulfonamides is 1. The Morgan fingerprint density at radius 2 is 2.11 bits per heavy atom. The van der Waals surface area contributed by atoms with Gasteiger partial charge in [0.1, 0.15) is 5.69 Å². The van der Waals surface area contributed by atoms with Crippen LogP contribution in [0.3, 0.4) is 0 Å². The van der Waals surface area contributed by atoms with Crippen molar-refractivity contribution >= 4 is 21.9 Å². The number of carbonyl (C=O) groups excluding carboxylic acids is 1. The average Bonchev–Trinajstić information content (AvgIpc) is 2.33. The molecular formula is C10H13N3O5S. The number of hydrogen-bond acceptors (Lipinski definition) is 5. The van der Waals surface area contributed by atoms with Crippen molar-refractivity contribution in [3.63, 3.8) is 0 Å². The predicted molar refractivity (Wildman–Crippen MR) is 66.1 cm³/mol. The lowest BCUT2D eigenvalue weighted by Crippen LogP contribution is -2.27. The molecule has 4 N–H and O–H groups in total. The molecule has 9 heteroatoms. The van der Waals surface area contributed by atoms with E-state index in [0.29, 0.717) is 0 Å². The minimum Gasteiger partial charge on any atom is -0.477 e. The van der Waals surface area contributed by atoms with E-state index in [4.69, 9.17) is 10.2 Å². The van der Waals surface area contributed by atoms with Crippen molar-refractivity contribution in [1.82, 2.24) is 10.3 Å². The molecular weight excluding hydrogens is 274 g/mol. The van der Waals surface area contributed by atoms with Crippen LogP contribution in [0.5, 0.6) is 0 Å². The first kappa shape index (κ1) is 15.1. The molecule has 0 spiro atoms. The summed E-state index contributed by atoms with van der Waals surface area (Å²) in [5, 5.41) is 16.0. The summed E-state index contributed by atoms with van der Waals surface area (Å²) in [5.41, 5.74) is -0.0970. The Morgan fingerprint density at radius 1 is 1.42 bits per heavy atom. The minimum atomic E-state index is -3.54. The number of carbonyl (C=O) groups is 2. The fourth-order valence-electron chi connectivity index (χ4n) is 1.27. The van der Waals surface area contributed by atoms with Gasteiger partial charge in [0.25, 0.3) is 5.91 Å². The fraction of sp³-hybridized carbons (Fsp3) is 0.300. The third kappa shape index (κ3) is 5.44. The van der Waals surface area contributed by atoms with E-state index in [-0.39, 0.29) is 30.0 Å². The lowest BCUT2D eigenvalue weighted by atomic mass is 10.2. The van der Waals surface area contributed by atoms with Crippen LogP contribution >= 0.6 is 0 Å². The number of pyridine rings is 1. The summed E-state index contributed by atoms with van der Waals surface area (Å²) in [5.74, 6) is -1.97. The van der Waals surface area contributed by atoms with Crippen molar-refractivity contribution in [2.45, 2.75) is 6.42 Å². The number of nitrogens with two attached hydrogens (primary N) is 1. The predicted octanol–water partition coefficient (Wildman–Crippen LogP) is -0.812. The molecule has 0 saturated heterocycles. The Labute approximate surface area is 109 Å². The standard InChI is InChI=1S/C10H13N3O5S/c11-19(17,18)5-1-3-13-9(14)7-2-4-12-8(6-7)10(15)16/h2,4,6H,1,3,5H2,(H,13,14)(H,15,16)(H2,11,17,18). The molecule has 0 fully saturated rings. The minimum absolute atomic E-state index is 0.125. The first-order valence-electron chi connectivity index (χ1n) is 5.27. The molecule has 104 valence electrons. The van der Waals surface area contributed by atoms with E-state index in [2.05, 4.69) is 10.3 Å². The number of nitrogens with zero attached hydrogens (tertiary/aromatic N) is 1. The monoisotopic (exact) mass is 287 g/mol. The van der Waals surface area contributed by atoms with Crippen LogP contribution in [0.1, 0.15) is 27.3 Å². The van der Waals surface area contributed by atoms with Crippen molar-refractivity contribution in [1.29, 1.82) is 0 Å². The van der Waals surface area contributed by atoms with Crippen LogP contribution in [-0.4, -0.2) is 42.7 Å². The van der Waals surface area contributed by atoms with Gasteiger partial charge in [0.15, 0.2) is 0 Å². The zero-order chi connectivity index (χ0) is 14.5. The van der Waals surface area contributed by atoms with Crippen molar-refractivity contribution < 1.29 is 23.1 Å². The number of carboxylic acid groups (broad SMARTS) is 1. The first-order chi connectivity index (χ1) is 8.79. The molecule has 0 aliphatic carbocycles. The van der Waals surface area contributed by atoms with Crippen LogP contribution in [0.15, 0.2) is 18.3 Å². The number of carboxylic acids is 1. The molecule has 0 atom stereocenters. The molecule has 1 aromatic rings. The summed E-state index contributed by atoms with van der Waals surface area (Å²) in [6.45, 7) is 0.125. The van der Waals surface area contributed by atoms with Crippen LogP contribution < -0.4 is 10.5 Å². The third-order valence-electron chi connectivity index (χ3n) is 2.13. The molecule has 1 amide bonds. The summed E-state index contributed by atoms with van der Waals surface area (Å²) in [4.78, 5) is 25.9. The summed E-state index contributed by atoms with van der Waals surface area (Å²) < 4.78 is 21.3. The van der Waals surface area contributed by atoms with Gasteiger partial charge in [-0.1, -0.05) is 0 Å². The van der Waals surface area contributed by atoms with E-state index < -0.39 is 21.9 Å². The number of sulfonamides is 1. The van der Waals surface area contributed by atoms with Gasteiger partial charge in [0.2, 0.25) is 10.0 Å². The molecule has 0 aliphatic rings. The Bertz CT molecular complexity index is 585. The van der Waals surface area contributed by atoms with E-state index in [1.54, 1.807) is 0 Å². The molecule has 19 heavy (non-hydrogen) atoms. The number of rotatable bonds is 6. The second-order valence-electron chi connectivity index (χ2n) is 3.71. The highest BCUT2D eigenvalue weighted by molar-refractivity contribution is 7.89. The van der Waals surface area contributed by atoms with Crippen LogP contribution in [0.25, 0.3) is 0 Å². The van der Waals surface area contributed by atoms with E-state index in [9.17, 15) is 18.0 Å². The average molecular weight is 287 g/mol. The molecule has 0 aromatic carbocycles. The quantitative estimate of drug-likeness (QED) is 0.584. The lowest BCUT2D eigenvalue weighted by Gasteiger charge is -2.05. The van der Waals surface area contributed by atoms with Crippen LogP contribution in [-0.2, 0) is 10.0 Å². The SMILES string of the molecule is NS(=O)(=O)CCCNC(=O)c1ccnc(C(=O)O)c1. The van der Waals surface area contributed by atoms with Crippen molar-refractivity contribution in [3.05, 3.63) is 29.6 Å². The van der Waals surface area contributed by atoms with Gasteiger partial charge in [-0.3, -0.25) is 4.79 Å². The Kier molecular flexibility index (Phi) is 4.95. The Balaban J connectivity index is 2.54. The maximum Gasteiger partial charge on any atom is 0.354 e. The molecule has 1 heterocycles. The second kappa shape index (κ2) is 6.25. The lowest BCUT2D eigenvalue weighted by molar-refractivity contribution is 0.0690. The topological polar surface area (TPSA) is 139 Å². The maximum atomic E-state index is 11.6. The Morgan fingerprint density at radius 3 is 2.68 bits per heavy atom. The number of amides is 1. The number of hydrogen-bond donors (Lipinski definition) is 3. The molecule has 0 aliphatic heterocycles. The van der Waals surface area contributed by atoms with E-state index in [1.165, 1.54) is 12.3 Å². The van der Waals surface area contributed by atoms with Crippen LogP contribution in [0, 0.1) is 0 Å². The zero-order valence-corrected chi connectivity index (χ0v) is 10.7. The Hall–Kier alpha value is -2.00. The number of aromatic carboxylic acids is 1. The highest BCUT2D eigenvalue weighted by Gasteiger charge is 2.10. The zero-order valence-electron chi connectivity index (χ0n) is 9.87. The normalized spacial score (nSPS) is 11.0. The van der Waals surface area contributed by atoms with E-state index in [1.807, 2.05) is 0 Å². The van der Waals surface area contributed by atoms with Gasteiger partial charge < -0.3 is 10.4 Å².